The number of piperidine rings is 1. The summed E-state index contributed by atoms with van der Waals surface area (Å²) in [6.07, 6.45) is 2.62. The first kappa shape index (κ1) is 13.4. The van der Waals surface area contributed by atoms with E-state index in [4.69, 9.17) is 10.5 Å². The van der Waals surface area contributed by atoms with Crippen LogP contribution in [0.1, 0.15) is 32.3 Å². The summed E-state index contributed by atoms with van der Waals surface area (Å²) in [6, 6.07) is 8.11. The number of benzene rings is 1. The van der Waals surface area contributed by atoms with Crippen molar-refractivity contribution in [2.75, 3.05) is 20.1 Å². The predicted octanol–water partition coefficient (Wildman–Crippen LogP) is 2.35. The molecule has 0 aliphatic carbocycles. The zero-order chi connectivity index (χ0) is 13.2. The number of rotatable bonds is 3. The minimum atomic E-state index is -0.364. The van der Waals surface area contributed by atoms with Crippen molar-refractivity contribution < 1.29 is 4.74 Å². The van der Waals surface area contributed by atoms with Crippen molar-refractivity contribution in [3.63, 3.8) is 0 Å². The first-order valence-electron chi connectivity index (χ1n) is 6.70. The minimum Gasteiger partial charge on any atom is -0.489 e. The topological polar surface area (TPSA) is 38.5 Å². The molecule has 2 rings (SSSR count). The van der Waals surface area contributed by atoms with Crippen LogP contribution in [-0.2, 0) is 5.54 Å². The number of nitrogens with zero attached hydrogens (tertiary/aromatic N) is 1. The molecule has 3 nitrogen and oxygen atoms in total. The molecule has 0 saturated carbocycles. The maximum absolute atomic E-state index is 6.20. The van der Waals surface area contributed by atoms with Gasteiger partial charge in [-0.2, -0.15) is 0 Å². The van der Waals surface area contributed by atoms with E-state index in [0.29, 0.717) is 0 Å². The van der Waals surface area contributed by atoms with Crippen LogP contribution in [0.15, 0.2) is 24.3 Å². The third kappa shape index (κ3) is 3.24. The lowest BCUT2D eigenvalue weighted by atomic mass is 9.94. The maximum atomic E-state index is 6.20. The van der Waals surface area contributed by atoms with Crippen molar-refractivity contribution >= 4 is 0 Å². The molecule has 1 aromatic carbocycles. The lowest BCUT2D eigenvalue weighted by Gasteiger charge is -2.32. The van der Waals surface area contributed by atoms with E-state index in [9.17, 15) is 0 Å². The molecule has 0 bridgehead atoms. The van der Waals surface area contributed by atoms with Crippen molar-refractivity contribution in [3.8, 4) is 5.75 Å². The van der Waals surface area contributed by atoms with Crippen LogP contribution < -0.4 is 10.5 Å². The highest BCUT2D eigenvalue weighted by atomic mass is 16.5. The van der Waals surface area contributed by atoms with E-state index in [1.807, 2.05) is 32.0 Å². The Labute approximate surface area is 110 Å². The summed E-state index contributed by atoms with van der Waals surface area (Å²) in [5.41, 5.74) is 6.92. The van der Waals surface area contributed by atoms with Crippen molar-refractivity contribution in [1.29, 1.82) is 0 Å². The maximum Gasteiger partial charge on any atom is 0.124 e. The molecule has 18 heavy (non-hydrogen) atoms. The minimum absolute atomic E-state index is 0.284. The van der Waals surface area contributed by atoms with Gasteiger partial charge in [0, 0.05) is 17.6 Å². The molecule has 1 heterocycles. The molecule has 0 spiro atoms. The van der Waals surface area contributed by atoms with E-state index in [1.165, 1.54) is 13.0 Å². The Hall–Kier alpha value is -1.06. The molecule has 1 aliphatic rings. The quantitative estimate of drug-likeness (QED) is 0.892. The molecule has 0 radical (unpaired) electrons. The standard InChI is InChI=1S/C15H24N2O/c1-15(2,16)13-8-4-5-9-14(13)18-12-7-6-10-17(3)11-12/h4-5,8-9,12H,6-7,10-11,16H2,1-3H3. The van der Waals surface area contributed by atoms with Crippen molar-refractivity contribution in [1.82, 2.24) is 4.90 Å². The fraction of sp³-hybridized carbons (Fsp3) is 0.600. The Morgan fingerprint density at radius 3 is 2.72 bits per heavy atom. The Kier molecular flexibility index (Phi) is 3.93. The van der Waals surface area contributed by atoms with Crippen molar-refractivity contribution in [3.05, 3.63) is 29.8 Å². The lowest BCUT2D eigenvalue weighted by Crippen LogP contribution is -2.39. The molecule has 1 fully saturated rings. The van der Waals surface area contributed by atoms with Gasteiger partial charge in [0.05, 0.1) is 0 Å². The number of likely N-dealkylation sites (tertiary alicyclic amines) is 1. The van der Waals surface area contributed by atoms with Gasteiger partial charge in [-0.1, -0.05) is 18.2 Å². The van der Waals surface area contributed by atoms with E-state index in [0.717, 1.165) is 24.3 Å². The second kappa shape index (κ2) is 5.29. The van der Waals surface area contributed by atoms with E-state index in [1.54, 1.807) is 0 Å². The van der Waals surface area contributed by atoms with Gasteiger partial charge in [0.2, 0.25) is 0 Å². The molecule has 1 aliphatic heterocycles. The van der Waals surface area contributed by atoms with Gasteiger partial charge in [-0.3, -0.25) is 0 Å². The van der Waals surface area contributed by atoms with E-state index < -0.39 is 0 Å². The van der Waals surface area contributed by atoms with Crippen LogP contribution in [-0.4, -0.2) is 31.1 Å². The van der Waals surface area contributed by atoms with Crippen LogP contribution in [0.5, 0.6) is 5.75 Å². The van der Waals surface area contributed by atoms with E-state index >= 15 is 0 Å². The normalized spacial score (nSPS) is 21.9. The summed E-state index contributed by atoms with van der Waals surface area (Å²) in [5.74, 6) is 0.935. The summed E-state index contributed by atoms with van der Waals surface area (Å²) >= 11 is 0. The second-order valence-corrected chi connectivity index (χ2v) is 5.86. The monoisotopic (exact) mass is 248 g/mol. The summed E-state index contributed by atoms with van der Waals surface area (Å²) in [6.45, 7) is 6.20. The molecule has 1 aromatic rings. The third-order valence-corrected chi connectivity index (χ3v) is 3.46. The van der Waals surface area contributed by atoms with Crippen LogP contribution in [0.3, 0.4) is 0 Å². The van der Waals surface area contributed by atoms with E-state index in [2.05, 4.69) is 18.0 Å². The number of ether oxygens (including phenoxy) is 1. The highest BCUT2D eigenvalue weighted by molar-refractivity contribution is 5.38. The van der Waals surface area contributed by atoms with Gasteiger partial charge in [0.15, 0.2) is 0 Å². The van der Waals surface area contributed by atoms with Gasteiger partial charge in [-0.15, -0.1) is 0 Å². The first-order chi connectivity index (χ1) is 8.47. The molecular formula is C15H24N2O. The number of hydrogen-bond donors (Lipinski definition) is 1. The number of likely N-dealkylation sites (N-methyl/N-ethyl adjacent to an activating group) is 1. The van der Waals surface area contributed by atoms with Crippen molar-refractivity contribution in [2.24, 2.45) is 5.73 Å². The zero-order valence-electron chi connectivity index (χ0n) is 11.6. The Bertz CT molecular complexity index is 398. The van der Waals surface area contributed by atoms with Gasteiger partial charge in [-0.05, 0) is 46.3 Å². The van der Waals surface area contributed by atoms with Gasteiger partial charge in [0.25, 0.3) is 0 Å². The molecule has 1 saturated heterocycles. The SMILES string of the molecule is CN1CCCC(Oc2ccccc2C(C)(C)N)C1. The van der Waals surface area contributed by atoms with Gasteiger partial charge in [-0.25, -0.2) is 0 Å². The van der Waals surface area contributed by atoms with Crippen molar-refractivity contribution in [2.45, 2.75) is 38.3 Å². The second-order valence-electron chi connectivity index (χ2n) is 5.86. The van der Waals surface area contributed by atoms with Crippen LogP contribution >= 0.6 is 0 Å². The Morgan fingerprint density at radius 2 is 2.06 bits per heavy atom. The average Bonchev–Trinajstić information content (AvgIpc) is 2.28. The van der Waals surface area contributed by atoms with Crippen LogP contribution in [0.2, 0.25) is 0 Å². The Balaban J connectivity index is 2.13. The lowest BCUT2D eigenvalue weighted by molar-refractivity contribution is 0.102. The van der Waals surface area contributed by atoms with Crippen LogP contribution in [0, 0.1) is 0 Å². The summed E-state index contributed by atoms with van der Waals surface area (Å²) in [4.78, 5) is 2.32. The predicted molar refractivity (Wildman–Crippen MR) is 74.8 cm³/mol. The summed E-state index contributed by atoms with van der Waals surface area (Å²) in [7, 11) is 2.15. The molecule has 1 unspecified atom stereocenters. The zero-order valence-corrected chi connectivity index (χ0v) is 11.6. The van der Waals surface area contributed by atoms with Crippen LogP contribution in [0.4, 0.5) is 0 Å². The molecule has 2 N–H and O–H groups in total. The third-order valence-electron chi connectivity index (χ3n) is 3.46. The fourth-order valence-corrected chi connectivity index (χ4v) is 2.50. The van der Waals surface area contributed by atoms with Crippen LogP contribution in [0.25, 0.3) is 0 Å². The summed E-state index contributed by atoms with van der Waals surface area (Å²) < 4.78 is 6.16. The molecule has 3 heteroatoms. The molecule has 0 aromatic heterocycles. The largest absolute Gasteiger partial charge is 0.489 e. The summed E-state index contributed by atoms with van der Waals surface area (Å²) in [5, 5.41) is 0. The highest BCUT2D eigenvalue weighted by Gasteiger charge is 2.23. The fourth-order valence-electron chi connectivity index (χ4n) is 2.50. The number of para-hydroxylation sites is 1. The molecule has 1 atom stereocenters. The molecular weight excluding hydrogens is 224 g/mol. The van der Waals surface area contributed by atoms with E-state index in [-0.39, 0.29) is 11.6 Å². The smallest absolute Gasteiger partial charge is 0.124 e. The first-order valence-corrected chi connectivity index (χ1v) is 6.70. The number of nitrogens with two attached hydrogens (primary N) is 1. The highest BCUT2D eigenvalue weighted by Crippen LogP contribution is 2.29. The van der Waals surface area contributed by atoms with Gasteiger partial charge >= 0.3 is 0 Å². The molecule has 0 amide bonds. The Morgan fingerprint density at radius 1 is 1.33 bits per heavy atom. The average molecular weight is 248 g/mol. The van der Waals surface area contributed by atoms with Gasteiger partial charge < -0.3 is 15.4 Å². The molecule has 100 valence electrons. The van der Waals surface area contributed by atoms with Gasteiger partial charge in [0.1, 0.15) is 11.9 Å². The number of hydrogen-bond acceptors (Lipinski definition) is 3.